The Kier molecular flexibility index (Phi) is 3.19. The van der Waals surface area contributed by atoms with Crippen LogP contribution in [0.4, 0.5) is 13.2 Å². The number of benzene rings is 1. The molecule has 0 saturated heterocycles. The van der Waals surface area contributed by atoms with Crippen molar-refractivity contribution in [2.75, 3.05) is 6.61 Å². The monoisotopic (exact) mass is 254 g/mol. The van der Waals surface area contributed by atoms with Gasteiger partial charge in [-0.05, 0) is 18.2 Å². The molecule has 1 nitrogen and oxygen atoms in total. The first-order valence-electron chi connectivity index (χ1n) is 3.42. The first kappa shape index (κ1) is 10.4. The van der Waals surface area contributed by atoms with E-state index in [1.807, 2.05) is 0 Å². The summed E-state index contributed by atoms with van der Waals surface area (Å²) in [4.78, 5) is 0. The van der Waals surface area contributed by atoms with Crippen molar-refractivity contribution in [3.63, 3.8) is 0 Å². The summed E-state index contributed by atoms with van der Waals surface area (Å²) in [6.45, 7) is -1.26. The maximum atomic E-state index is 11.7. The van der Waals surface area contributed by atoms with Gasteiger partial charge in [-0.3, -0.25) is 0 Å². The fourth-order valence-electron chi connectivity index (χ4n) is 0.722. The molecule has 0 heterocycles. The SMILES string of the molecule is FC(F)(F)COc1cccc(Br)c1. The summed E-state index contributed by atoms with van der Waals surface area (Å²) in [6.07, 6.45) is -4.29. The summed E-state index contributed by atoms with van der Waals surface area (Å²) in [5.74, 6) is 0.201. The average Bonchev–Trinajstić information content (AvgIpc) is 2.00. The van der Waals surface area contributed by atoms with Gasteiger partial charge >= 0.3 is 6.18 Å². The van der Waals surface area contributed by atoms with Crippen LogP contribution in [0.5, 0.6) is 5.75 Å². The number of hydrogen-bond donors (Lipinski definition) is 0. The molecule has 0 amide bonds. The summed E-state index contributed by atoms with van der Waals surface area (Å²) in [6, 6.07) is 6.26. The lowest BCUT2D eigenvalue weighted by Crippen LogP contribution is -2.19. The van der Waals surface area contributed by atoms with E-state index < -0.39 is 12.8 Å². The minimum absolute atomic E-state index is 0.201. The zero-order chi connectivity index (χ0) is 9.90. The Labute approximate surface area is 81.6 Å². The van der Waals surface area contributed by atoms with Crippen molar-refractivity contribution in [3.8, 4) is 5.75 Å². The minimum Gasteiger partial charge on any atom is -0.484 e. The van der Waals surface area contributed by atoms with E-state index in [0.29, 0.717) is 4.47 Å². The Morgan fingerprint density at radius 3 is 2.54 bits per heavy atom. The van der Waals surface area contributed by atoms with Gasteiger partial charge in [0.2, 0.25) is 0 Å². The summed E-state index contributed by atoms with van der Waals surface area (Å²) in [7, 11) is 0. The molecule has 0 fully saturated rings. The largest absolute Gasteiger partial charge is 0.484 e. The Hall–Kier alpha value is -0.710. The van der Waals surface area contributed by atoms with Crippen LogP contribution in [0, 0.1) is 0 Å². The molecule has 1 rings (SSSR count). The zero-order valence-corrected chi connectivity index (χ0v) is 8.02. The number of halogens is 4. The fourth-order valence-corrected chi connectivity index (χ4v) is 1.10. The van der Waals surface area contributed by atoms with Gasteiger partial charge in [0.15, 0.2) is 6.61 Å². The highest BCUT2D eigenvalue weighted by Gasteiger charge is 2.28. The molecule has 72 valence electrons. The van der Waals surface area contributed by atoms with E-state index in [-0.39, 0.29) is 5.75 Å². The van der Waals surface area contributed by atoms with E-state index in [1.54, 1.807) is 12.1 Å². The molecule has 0 aliphatic carbocycles. The molecule has 0 aliphatic heterocycles. The highest BCUT2D eigenvalue weighted by Crippen LogP contribution is 2.21. The maximum absolute atomic E-state index is 11.7. The highest BCUT2D eigenvalue weighted by molar-refractivity contribution is 9.10. The lowest BCUT2D eigenvalue weighted by molar-refractivity contribution is -0.153. The van der Waals surface area contributed by atoms with E-state index in [0.717, 1.165) is 0 Å². The van der Waals surface area contributed by atoms with Crippen molar-refractivity contribution in [3.05, 3.63) is 28.7 Å². The van der Waals surface area contributed by atoms with Crippen LogP contribution in [-0.2, 0) is 0 Å². The number of ether oxygens (including phenoxy) is 1. The molecular weight excluding hydrogens is 249 g/mol. The zero-order valence-electron chi connectivity index (χ0n) is 6.44. The van der Waals surface area contributed by atoms with Crippen molar-refractivity contribution < 1.29 is 17.9 Å². The summed E-state index contributed by atoms with van der Waals surface area (Å²) in [5.41, 5.74) is 0. The molecule has 1 aromatic carbocycles. The molecular formula is C8H6BrF3O. The van der Waals surface area contributed by atoms with Gasteiger partial charge < -0.3 is 4.74 Å². The van der Waals surface area contributed by atoms with E-state index in [2.05, 4.69) is 20.7 Å². The van der Waals surface area contributed by atoms with Crippen LogP contribution in [0.2, 0.25) is 0 Å². The van der Waals surface area contributed by atoms with Crippen molar-refractivity contribution in [2.45, 2.75) is 6.18 Å². The smallest absolute Gasteiger partial charge is 0.422 e. The van der Waals surface area contributed by atoms with Crippen molar-refractivity contribution >= 4 is 15.9 Å². The van der Waals surface area contributed by atoms with Crippen LogP contribution < -0.4 is 4.74 Å². The quantitative estimate of drug-likeness (QED) is 0.786. The van der Waals surface area contributed by atoms with Gasteiger partial charge in [-0.1, -0.05) is 22.0 Å². The molecule has 0 aliphatic rings. The van der Waals surface area contributed by atoms with Crippen LogP contribution in [0.1, 0.15) is 0 Å². The lowest BCUT2D eigenvalue weighted by Gasteiger charge is -2.08. The van der Waals surface area contributed by atoms with Gasteiger partial charge in [-0.2, -0.15) is 13.2 Å². The third-order valence-electron chi connectivity index (χ3n) is 1.20. The Morgan fingerprint density at radius 1 is 1.31 bits per heavy atom. The Balaban J connectivity index is 2.55. The van der Waals surface area contributed by atoms with E-state index in [9.17, 15) is 13.2 Å². The molecule has 0 radical (unpaired) electrons. The van der Waals surface area contributed by atoms with Gasteiger partial charge in [0.25, 0.3) is 0 Å². The Bertz CT molecular complexity index is 285. The molecule has 0 aromatic heterocycles. The van der Waals surface area contributed by atoms with Gasteiger partial charge in [-0.25, -0.2) is 0 Å². The second-order valence-corrected chi connectivity index (χ2v) is 3.28. The van der Waals surface area contributed by atoms with E-state index >= 15 is 0 Å². The number of hydrogen-bond acceptors (Lipinski definition) is 1. The van der Waals surface area contributed by atoms with E-state index in [1.165, 1.54) is 12.1 Å². The van der Waals surface area contributed by atoms with Gasteiger partial charge in [0.05, 0.1) is 0 Å². The van der Waals surface area contributed by atoms with Gasteiger partial charge in [0.1, 0.15) is 5.75 Å². The van der Waals surface area contributed by atoms with Gasteiger partial charge in [0, 0.05) is 4.47 Å². The van der Waals surface area contributed by atoms with Gasteiger partial charge in [-0.15, -0.1) is 0 Å². The lowest BCUT2D eigenvalue weighted by atomic mass is 10.3. The van der Waals surface area contributed by atoms with Crippen LogP contribution in [-0.4, -0.2) is 12.8 Å². The molecule has 1 aromatic rings. The minimum atomic E-state index is -4.29. The predicted octanol–water partition coefficient (Wildman–Crippen LogP) is 3.39. The summed E-state index contributed by atoms with van der Waals surface area (Å²) >= 11 is 3.12. The average molecular weight is 255 g/mol. The van der Waals surface area contributed by atoms with Crippen LogP contribution in [0.15, 0.2) is 28.7 Å². The number of alkyl halides is 3. The number of rotatable bonds is 2. The topological polar surface area (TPSA) is 9.23 Å². The van der Waals surface area contributed by atoms with Crippen molar-refractivity contribution in [1.29, 1.82) is 0 Å². The summed E-state index contributed by atoms with van der Waals surface area (Å²) < 4.78 is 40.3. The second kappa shape index (κ2) is 4.00. The summed E-state index contributed by atoms with van der Waals surface area (Å²) in [5, 5.41) is 0. The predicted molar refractivity (Wildman–Crippen MR) is 45.7 cm³/mol. The standard InChI is InChI=1S/C8H6BrF3O/c9-6-2-1-3-7(4-6)13-5-8(10,11)12/h1-4H,5H2. The van der Waals surface area contributed by atoms with Crippen molar-refractivity contribution in [1.82, 2.24) is 0 Å². The molecule has 0 unspecified atom stereocenters. The molecule has 13 heavy (non-hydrogen) atoms. The van der Waals surface area contributed by atoms with E-state index in [4.69, 9.17) is 0 Å². The Morgan fingerprint density at radius 2 is 2.00 bits per heavy atom. The maximum Gasteiger partial charge on any atom is 0.422 e. The molecule has 0 saturated carbocycles. The first-order valence-corrected chi connectivity index (χ1v) is 4.22. The molecule has 0 atom stereocenters. The van der Waals surface area contributed by atoms with Crippen LogP contribution in [0.25, 0.3) is 0 Å². The third kappa shape index (κ3) is 4.17. The van der Waals surface area contributed by atoms with Crippen molar-refractivity contribution in [2.24, 2.45) is 0 Å². The normalized spacial score (nSPS) is 11.4. The van der Waals surface area contributed by atoms with Crippen LogP contribution in [0.3, 0.4) is 0 Å². The molecule has 5 heteroatoms. The molecule has 0 spiro atoms. The van der Waals surface area contributed by atoms with Crippen LogP contribution >= 0.6 is 15.9 Å². The highest BCUT2D eigenvalue weighted by atomic mass is 79.9. The second-order valence-electron chi connectivity index (χ2n) is 2.36. The third-order valence-corrected chi connectivity index (χ3v) is 1.69. The fraction of sp³-hybridized carbons (Fsp3) is 0.250. The molecule has 0 N–H and O–H groups in total. The first-order chi connectivity index (χ1) is 5.97. The molecule has 0 bridgehead atoms.